The van der Waals surface area contributed by atoms with Crippen LogP contribution in [0.1, 0.15) is 34.1 Å². The zero-order valence-corrected chi connectivity index (χ0v) is 11.8. The molecule has 1 saturated heterocycles. The third-order valence-corrected chi connectivity index (χ3v) is 2.87. The van der Waals surface area contributed by atoms with Gasteiger partial charge in [-0.15, -0.1) is 0 Å². The van der Waals surface area contributed by atoms with Crippen molar-refractivity contribution < 1.29 is 24.1 Å². The monoisotopic (exact) mass is 262 g/mol. The SMILES string of the molecule is CCOCC(CC(O)C1COC(C)(C)O1)OCC. The molecule has 0 radical (unpaired) electrons. The van der Waals surface area contributed by atoms with Crippen molar-refractivity contribution >= 4 is 0 Å². The van der Waals surface area contributed by atoms with E-state index in [-0.39, 0.29) is 12.2 Å². The van der Waals surface area contributed by atoms with Crippen LogP contribution in [-0.2, 0) is 18.9 Å². The fraction of sp³-hybridized carbons (Fsp3) is 1.00. The van der Waals surface area contributed by atoms with Gasteiger partial charge in [0, 0.05) is 19.6 Å². The van der Waals surface area contributed by atoms with E-state index in [2.05, 4.69) is 0 Å². The summed E-state index contributed by atoms with van der Waals surface area (Å²) in [6.07, 6.45) is -0.483. The Morgan fingerprint density at radius 2 is 2.06 bits per heavy atom. The molecule has 3 unspecified atom stereocenters. The summed E-state index contributed by atoms with van der Waals surface area (Å²) in [6.45, 7) is 9.74. The van der Waals surface area contributed by atoms with Crippen LogP contribution in [0.4, 0.5) is 0 Å². The first-order valence-electron chi connectivity index (χ1n) is 6.67. The Bertz CT molecular complexity index is 231. The Morgan fingerprint density at radius 3 is 2.56 bits per heavy atom. The summed E-state index contributed by atoms with van der Waals surface area (Å²) < 4.78 is 22.0. The Labute approximate surface area is 109 Å². The standard InChI is InChI=1S/C13H26O5/c1-5-15-8-10(16-6-2)7-11(14)12-9-17-13(3,4)18-12/h10-12,14H,5-9H2,1-4H3. The fourth-order valence-corrected chi connectivity index (χ4v) is 2.00. The first-order chi connectivity index (χ1) is 8.48. The number of hydrogen-bond acceptors (Lipinski definition) is 5. The molecule has 1 fully saturated rings. The number of ether oxygens (including phenoxy) is 4. The van der Waals surface area contributed by atoms with Crippen molar-refractivity contribution in [2.24, 2.45) is 0 Å². The Balaban J connectivity index is 2.38. The maximum atomic E-state index is 10.1. The lowest BCUT2D eigenvalue weighted by atomic mass is 10.1. The molecule has 0 saturated carbocycles. The molecule has 1 aliphatic rings. The van der Waals surface area contributed by atoms with Gasteiger partial charge >= 0.3 is 0 Å². The Morgan fingerprint density at radius 1 is 1.33 bits per heavy atom. The minimum Gasteiger partial charge on any atom is -0.390 e. The highest BCUT2D eigenvalue weighted by atomic mass is 16.7. The van der Waals surface area contributed by atoms with Crippen molar-refractivity contribution in [3.05, 3.63) is 0 Å². The quantitative estimate of drug-likeness (QED) is 0.715. The average molecular weight is 262 g/mol. The molecule has 0 aromatic carbocycles. The number of aliphatic hydroxyl groups is 1. The van der Waals surface area contributed by atoms with E-state index in [0.717, 1.165) is 0 Å². The van der Waals surface area contributed by atoms with E-state index in [1.807, 2.05) is 27.7 Å². The molecule has 5 heteroatoms. The molecule has 1 aliphatic heterocycles. The third kappa shape index (κ3) is 5.20. The smallest absolute Gasteiger partial charge is 0.163 e. The van der Waals surface area contributed by atoms with Crippen LogP contribution >= 0.6 is 0 Å². The highest BCUT2D eigenvalue weighted by Crippen LogP contribution is 2.25. The minimum atomic E-state index is -0.604. The predicted molar refractivity (Wildman–Crippen MR) is 67.4 cm³/mol. The summed E-state index contributed by atoms with van der Waals surface area (Å²) in [5.41, 5.74) is 0. The lowest BCUT2D eigenvalue weighted by molar-refractivity contribution is -0.155. The van der Waals surface area contributed by atoms with Crippen LogP contribution in [0, 0.1) is 0 Å². The van der Waals surface area contributed by atoms with Crippen LogP contribution < -0.4 is 0 Å². The maximum absolute atomic E-state index is 10.1. The molecule has 0 aliphatic carbocycles. The number of aliphatic hydroxyl groups excluding tert-OH is 1. The van der Waals surface area contributed by atoms with Crippen LogP contribution in [0.3, 0.4) is 0 Å². The van der Waals surface area contributed by atoms with Gasteiger partial charge in [0.25, 0.3) is 0 Å². The molecule has 0 aromatic rings. The third-order valence-electron chi connectivity index (χ3n) is 2.87. The number of hydrogen-bond donors (Lipinski definition) is 1. The molecule has 0 bridgehead atoms. The van der Waals surface area contributed by atoms with Crippen molar-refractivity contribution in [3.63, 3.8) is 0 Å². The lowest BCUT2D eigenvalue weighted by Gasteiger charge is -2.24. The van der Waals surface area contributed by atoms with Crippen LogP contribution in [0.2, 0.25) is 0 Å². The molecule has 1 rings (SSSR count). The average Bonchev–Trinajstić information content (AvgIpc) is 2.67. The van der Waals surface area contributed by atoms with Crippen LogP contribution in [0.15, 0.2) is 0 Å². The van der Waals surface area contributed by atoms with Gasteiger partial charge in [0.1, 0.15) is 6.10 Å². The number of rotatable bonds is 8. The summed E-state index contributed by atoms with van der Waals surface area (Å²) in [7, 11) is 0. The van der Waals surface area contributed by atoms with E-state index in [1.54, 1.807) is 0 Å². The van der Waals surface area contributed by atoms with Gasteiger partial charge < -0.3 is 24.1 Å². The first-order valence-corrected chi connectivity index (χ1v) is 6.67. The fourth-order valence-electron chi connectivity index (χ4n) is 2.00. The molecule has 0 spiro atoms. The van der Waals surface area contributed by atoms with Crippen molar-refractivity contribution in [1.82, 2.24) is 0 Å². The molecule has 0 aromatic heterocycles. The summed E-state index contributed by atoms with van der Waals surface area (Å²) in [4.78, 5) is 0. The zero-order valence-electron chi connectivity index (χ0n) is 11.8. The maximum Gasteiger partial charge on any atom is 0.163 e. The van der Waals surface area contributed by atoms with E-state index in [1.165, 1.54) is 0 Å². The highest BCUT2D eigenvalue weighted by Gasteiger charge is 2.37. The summed E-state index contributed by atoms with van der Waals surface area (Å²) in [5, 5.41) is 10.1. The van der Waals surface area contributed by atoms with E-state index in [9.17, 15) is 5.11 Å². The summed E-state index contributed by atoms with van der Waals surface area (Å²) in [6, 6.07) is 0. The summed E-state index contributed by atoms with van der Waals surface area (Å²) >= 11 is 0. The normalized spacial score (nSPS) is 26.2. The van der Waals surface area contributed by atoms with Crippen molar-refractivity contribution in [3.8, 4) is 0 Å². The summed E-state index contributed by atoms with van der Waals surface area (Å²) in [5.74, 6) is -0.604. The molecule has 5 nitrogen and oxygen atoms in total. The molecular weight excluding hydrogens is 236 g/mol. The van der Waals surface area contributed by atoms with Gasteiger partial charge in [0.15, 0.2) is 5.79 Å². The molecule has 1 N–H and O–H groups in total. The minimum absolute atomic E-state index is 0.0998. The predicted octanol–water partition coefficient (Wildman–Crippen LogP) is 1.33. The van der Waals surface area contributed by atoms with E-state index >= 15 is 0 Å². The van der Waals surface area contributed by atoms with Crippen LogP contribution in [0.5, 0.6) is 0 Å². The van der Waals surface area contributed by atoms with E-state index in [0.29, 0.717) is 32.8 Å². The second-order valence-electron chi connectivity index (χ2n) is 4.91. The molecule has 0 amide bonds. The lowest BCUT2D eigenvalue weighted by Crippen LogP contribution is -2.35. The highest BCUT2D eigenvalue weighted by molar-refractivity contribution is 4.79. The van der Waals surface area contributed by atoms with E-state index < -0.39 is 11.9 Å². The van der Waals surface area contributed by atoms with Crippen molar-refractivity contribution in [2.75, 3.05) is 26.4 Å². The van der Waals surface area contributed by atoms with Crippen molar-refractivity contribution in [2.45, 2.75) is 58.2 Å². The van der Waals surface area contributed by atoms with Gasteiger partial charge in [0.05, 0.1) is 25.4 Å². The van der Waals surface area contributed by atoms with Crippen LogP contribution in [0.25, 0.3) is 0 Å². The zero-order chi connectivity index (χ0) is 13.6. The molecule has 18 heavy (non-hydrogen) atoms. The van der Waals surface area contributed by atoms with Crippen LogP contribution in [-0.4, -0.2) is 55.6 Å². The second-order valence-corrected chi connectivity index (χ2v) is 4.91. The van der Waals surface area contributed by atoms with E-state index in [4.69, 9.17) is 18.9 Å². The molecular formula is C13H26O5. The largest absolute Gasteiger partial charge is 0.390 e. The van der Waals surface area contributed by atoms with Crippen molar-refractivity contribution in [1.29, 1.82) is 0 Å². The topological polar surface area (TPSA) is 57.2 Å². The molecule has 3 atom stereocenters. The Hall–Kier alpha value is -0.200. The van der Waals surface area contributed by atoms with Gasteiger partial charge in [-0.2, -0.15) is 0 Å². The first kappa shape index (κ1) is 15.9. The van der Waals surface area contributed by atoms with Gasteiger partial charge in [-0.25, -0.2) is 0 Å². The second kappa shape index (κ2) is 7.40. The van der Waals surface area contributed by atoms with Gasteiger partial charge in [0.2, 0.25) is 0 Å². The molecule has 1 heterocycles. The van der Waals surface area contributed by atoms with Gasteiger partial charge in [-0.1, -0.05) is 0 Å². The Kier molecular flexibility index (Phi) is 6.52. The van der Waals surface area contributed by atoms with Gasteiger partial charge in [-0.05, 0) is 27.7 Å². The van der Waals surface area contributed by atoms with Gasteiger partial charge in [-0.3, -0.25) is 0 Å². The molecule has 108 valence electrons.